The zero-order chi connectivity index (χ0) is 18.5. The largest absolute Gasteiger partial charge is 0.508 e. The van der Waals surface area contributed by atoms with Gasteiger partial charge in [-0.25, -0.2) is 4.98 Å². The maximum absolute atomic E-state index is 9.57. The van der Waals surface area contributed by atoms with Gasteiger partial charge < -0.3 is 9.84 Å². The summed E-state index contributed by atoms with van der Waals surface area (Å²) in [7, 11) is 0. The van der Waals surface area contributed by atoms with Gasteiger partial charge in [0.1, 0.15) is 5.75 Å². The van der Waals surface area contributed by atoms with E-state index in [2.05, 4.69) is 29.2 Å². The summed E-state index contributed by atoms with van der Waals surface area (Å²) in [5, 5.41) is 9.57. The van der Waals surface area contributed by atoms with Crippen molar-refractivity contribution in [1.82, 2.24) is 4.98 Å². The van der Waals surface area contributed by atoms with E-state index in [1.54, 1.807) is 18.3 Å². The molecule has 27 heavy (non-hydrogen) atoms. The summed E-state index contributed by atoms with van der Waals surface area (Å²) in [6.07, 6.45) is 1.46. The summed E-state index contributed by atoms with van der Waals surface area (Å²) in [5.74, 6) is 0.789. The normalized spacial score (nSPS) is 10.7. The van der Waals surface area contributed by atoms with Crippen LogP contribution in [0.5, 0.6) is 11.6 Å². The highest BCUT2D eigenvalue weighted by Gasteiger charge is 2.18. The quantitative estimate of drug-likeness (QED) is 0.506. The lowest BCUT2D eigenvalue weighted by atomic mass is 10.0. The lowest BCUT2D eigenvalue weighted by Gasteiger charge is -2.21. The summed E-state index contributed by atoms with van der Waals surface area (Å²) < 4.78 is 6.43. The van der Waals surface area contributed by atoms with Crippen molar-refractivity contribution < 1.29 is 9.84 Å². The third-order valence-corrected chi connectivity index (χ3v) is 4.38. The van der Waals surface area contributed by atoms with Gasteiger partial charge in [-0.15, -0.1) is 0 Å². The molecule has 0 radical (unpaired) electrons. The smallest absolute Gasteiger partial charge is 0.222 e. The van der Waals surface area contributed by atoms with E-state index in [0.717, 1.165) is 22.3 Å². The van der Waals surface area contributed by atoms with Crippen molar-refractivity contribution in [2.75, 3.05) is 0 Å². The molecule has 0 aliphatic heterocycles. The number of aromatic hydroxyl groups is 1. The van der Waals surface area contributed by atoms with Crippen LogP contribution in [0, 0.1) is 0 Å². The molecule has 132 valence electrons. The molecule has 0 saturated heterocycles. The highest BCUT2D eigenvalue weighted by atomic mass is 16.5. The van der Waals surface area contributed by atoms with E-state index in [1.807, 2.05) is 60.7 Å². The molecule has 1 heterocycles. The number of nitrogens with zero attached hydrogens (tertiary/aromatic N) is 1. The Hall–Kier alpha value is -3.59. The molecule has 0 saturated carbocycles. The molecule has 4 rings (SSSR count). The van der Waals surface area contributed by atoms with Crippen molar-refractivity contribution >= 4 is 0 Å². The van der Waals surface area contributed by atoms with E-state index in [0.29, 0.717) is 5.88 Å². The first kappa shape index (κ1) is 16.9. The maximum atomic E-state index is 9.57. The molecule has 3 nitrogen and oxygen atoms in total. The van der Waals surface area contributed by atoms with Gasteiger partial charge in [0.05, 0.1) is 0 Å². The third kappa shape index (κ3) is 3.82. The van der Waals surface area contributed by atoms with Crippen LogP contribution in [-0.2, 0) is 0 Å². The number of rotatable bonds is 5. The molecule has 0 bridgehead atoms. The Bertz CT molecular complexity index is 960. The highest BCUT2D eigenvalue weighted by Crippen LogP contribution is 2.34. The van der Waals surface area contributed by atoms with Gasteiger partial charge in [0.15, 0.2) is 6.10 Å². The Morgan fingerprint density at radius 2 is 1.26 bits per heavy atom. The van der Waals surface area contributed by atoms with E-state index in [9.17, 15) is 5.11 Å². The first-order chi connectivity index (χ1) is 13.3. The van der Waals surface area contributed by atoms with Crippen molar-refractivity contribution in [3.05, 3.63) is 114 Å². The van der Waals surface area contributed by atoms with Gasteiger partial charge in [-0.1, -0.05) is 72.8 Å². The number of ether oxygens (including phenoxy) is 1. The first-order valence-corrected chi connectivity index (χ1v) is 8.82. The van der Waals surface area contributed by atoms with Crippen molar-refractivity contribution in [1.29, 1.82) is 0 Å². The van der Waals surface area contributed by atoms with E-state index in [1.165, 1.54) is 0 Å². The number of hydrogen-bond donors (Lipinski definition) is 1. The minimum Gasteiger partial charge on any atom is -0.508 e. The monoisotopic (exact) mass is 353 g/mol. The Morgan fingerprint density at radius 1 is 0.667 bits per heavy atom. The third-order valence-electron chi connectivity index (χ3n) is 4.38. The number of aromatic nitrogens is 1. The standard InChI is InChI=1S/C24H19NO2/c26-21-15-13-18(14-16-21)22-12-7-17-25-24(22)27-23(19-8-3-1-4-9-19)20-10-5-2-6-11-20/h1-17,23,26H. The van der Waals surface area contributed by atoms with Crippen LogP contribution in [-0.4, -0.2) is 10.1 Å². The predicted molar refractivity (Wildman–Crippen MR) is 107 cm³/mol. The minimum atomic E-state index is -0.266. The van der Waals surface area contributed by atoms with E-state index >= 15 is 0 Å². The summed E-state index contributed by atoms with van der Waals surface area (Å²) in [6.45, 7) is 0. The summed E-state index contributed by atoms with van der Waals surface area (Å²) >= 11 is 0. The first-order valence-electron chi connectivity index (χ1n) is 8.82. The molecule has 3 heteroatoms. The zero-order valence-corrected chi connectivity index (χ0v) is 14.7. The SMILES string of the molecule is Oc1ccc(-c2cccnc2OC(c2ccccc2)c2ccccc2)cc1. The van der Waals surface area contributed by atoms with Crippen molar-refractivity contribution in [3.63, 3.8) is 0 Å². The van der Waals surface area contributed by atoms with Crippen LogP contribution < -0.4 is 4.74 Å². The summed E-state index contributed by atoms with van der Waals surface area (Å²) in [5.41, 5.74) is 3.95. The molecule has 0 spiro atoms. The molecule has 4 aromatic rings. The molecule has 1 N–H and O–H groups in total. The molecular formula is C24H19NO2. The lowest BCUT2D eigenvalue weighted by molar-refractivity contribution is 0.238. The Morgan fingerprint density at radius 3 is 1.85 bits per heavy atom. The second-order valence-corrected chi connectivity index (χ2v) is 6.22. The average molecular weight is 353 g/mol. The van der Waals surface area contributed by atoms with Crippen LogP contribution >= 0.6 is 0 Å². The highest BCUT2D eigenvalue weighted by molar-refractivity contribution is 5.69. The number of benzene rings is 3. The van der Waals surface area contributed by atoms with E-state index in [-0.39, 0.29) is 11.9 Å². The van der Waals surface area contributed by atoms with Gasteiger partial charge >= 0.3 is 0 Å². The average Bonchev–Trinajstić information content (AvgIpc) is 2.74. The van der Waals surface area contributed by atoms with Gasteiger partial charge in [-0.3, -0.25) is 0 Å². The molecular weight excluding hydrogens is 334 g/mol. The molecule has 1 aromatic heterocycles. The maximum Gasteiger partial charge on any atom is 0.222 e. The topological polar surface area (TPSA) is 42.4 Å². The Labute approximate surface area is 158 Å². The number of pyridine rings is 1. The fourth-order valence-electron chi connectivity index (χ4n) is 3.04. The predicted octanol–water partition coefficient (Wildman–Crippen LogP) is 5.62. The number of phenols is 1. The van der Waals surface area contributed by atoms with E-state index in [4.69, 9.17) is 4.74 Å². The van der Waals surface area contributed by atoms with Gasteiger partial charge in [0.25, 0.3) is 0 Å². The van der Waals surface area contributed by atoms with Gasteiger partial charge in [-0.05, 0) is 41.0 Å². The van der Waals surface area contributed by atoms with Crippen LogP contribution in [0.15, 0.2) is 103 Å². The molecule has 0 unspecified atom stereocenters. The number of hydrogen-bond acceptors (Lipinski definition) is 3. The fraction of sp³-hybridized carbons (Fsp3) is 0.0417. The van der Waals surface area contributed by atoms with Crippen LogP contribution in [0.1, 0.15) is 17.2 Å². The zero-order valence-electron chi connectivity index (χ0n) is 14.7. The fourth-order valence-corrected chi connectivity index (χ4v) is 3.04. The van der Waals surface area contributed by atoms with Gasteiger partial charge in [0, 0.05) is 11.8 Å². The molecule has 3 aromatic carbocycles. The number of phenolic OH excluding ortho intramolecular Hbond substituents is 1. The van der Waals surface area contributed by atoms with Crippen LogP contribution in [0.4, 0.5) is 0 Å². The minimum absolute atomic E-state index is 0.233. The van der Waals surface area contributed by atoms with Gasteiger partial charge in [-0.2, -0.15) is 0 Å². The summed E-state index contributed by atoms with van der Waals surface area (Å²) in [4.78, 5) is 4.48. The Balaban J connectivity index is 1.75. The molecule has 0 aliphatic carbocycles. The van der Waals surface area contributed by atoms with Crippen molar-refractivity contribution in [2.45, 2.75) is 6.10 Å². The Kier molecular flexibility index (Phi) is 4.84. The second kappa shape index (κ2) is 7.75. The van der Waals surface area contributed by atoms with E-state index < -0.39 is 0 Å². The second-order valence-electron chi connectivity index (χ2n) is 6.22. The van der Waals surface area contributed by atoms with Crippen LogP contribution in [0.2, 0.25) is 0 Å². The molecule has 0 aliphatic rings. The van der Waals surface area contributed by atoms with Gasteiger partial charge in [0.2, 0.25) is 5.88 Å². The summed E-state index contributed by atoms with van der Waals surface area (Å²) in [6, 6.07) is 31.2. The molecule has 0 fully saturated rings. The molecule has 0 atom stereocenters. The lowest BCUT2D eigenvalue weighted by Crippen LogP contribution is -2.10. The van der Waals surface area contributed by atoms with Crippen LogP contribution in [0.25, 0.3) is 11.1 Å². The van der Waals surface area contributed by atoms with Crippen molar-refractivity contribution in [3.8, 4) is 22.8 Å². The molecule has 0 amide bonds. The van der Waals surface area contributed by atoms with Crippen LogP contribution in [0.3, 0.4) is 0 Å². The van der Waals surface area contributed by atoms with Crippen molar-refractivity contribution in [2.24, 2.45) is 0 Å².